The molecule has 2 heterocycles. The molecule has 116 valence electrons. The number of piperazine rings is 1. The Bertz CT molecular complexity index is 655. The van der Waals surface area contributed by atoms with Gasteiger partial charge in [0.15, 0.2) is 5.69 Å². The molecular formula is C16H19ClN4O. The minimum atomic E-state index is -0.0976. The zero-order chi connectivity index (χ0) is 15.5. The molecule has 1 fully saturated rings. The molecule has 1 atom stereocenters. The van der Waals surface area contributed by atoms with Gasteiger partial charge in [-0.1, -0.05) is 41.9 Å². The fraction of sp³-hybridized carbons (Fsp3) is 0.375. The summed E-state index contributed by atoms with van der Waals surface area (Å²) in [6.07, 6.45) is 1.70. The van der Waals surface area contributed by atoms with Gasteiger partial charge in [-0.05, 0) is 12.5 Å². The standard InChI is InChI=1S/C16H19ClN4O/c1-2-21-10-13(17)15(19-21)16(22)20-9-8-18-14(11-20)12-6-4-3-5-7-12/h3-7,10,14,18H,2,8-9,11H2,1H3/t14-/m0/s1. The van der Waals surface area contributed by atoms with Crippen molar-refractivity contribution in [3.8, 4) is 0 Å². The first-order chi connectivity index (χ1) is 10.7. The number of carbonyl (C=O) groups is 1. The predicted octanol–water partition coefficient (Wildman–Crippen LogP) is 2.34. The Labute approximate surface area is 134 Å². The number of nitrogens with one attached hydrogen (secondary N) is 1. The van der Waals surface area contributed by atoms with Gasteiger partial charge in [0.2, 0.25) is 0 Å². The average Bonchev–Trinajstić information content (AvgIpc) is 2.96. The number of aromatic nitrogens is 2. The largest absolute Gasteiger partial charge is 0.334 e. The molecule has 1 saturated heterocycles. The van der Waals surface area contributed by atoms with Crippen LogP contribution < -0.4 is 5.32 Å². The van der Waals surface area contributed by atoms with Crippen molar-refractivity contribution in [2.75, 3.05) is 19.6 Å². The average molecular weight is 319 g/mol. The van der Waals surface area contributed by atoms with Gasteiger partial charge >= 0.3 is 0 Å². The minimum Gasteiger partial charge on any atom is -0.334 e. The Hall–Kier alpha value is -1.85. The van der Waals surface area contributed by atoms with E-state index in [-0.39, 0.29) is 11.9 Å². The van der Waals surface area contributed by atoms with Gasteiger partial charge in [-0.15, -0.1) is 0 Å². The van der Waals surface area contributed by atoms with E-state index >= 15 is 0 Å². The summed E-state index contributed by atoms with van der Waals surface area (Å²) in [7, 11) is 0. The van der Waals surface area contributed by atoms with E-state index in [0.717, 1.165) is 6.54 Å². The molecule has 0 saturated carbocycles. The van der Waals surface area contributed by atoms with Crippen molar-refractivity contribution in [1.82, 2.24) is 20.0 Å². The number of nitrogens with zero attached hydrogens (tertiary/aromatic N) is 3. The highest BCUT2D eigenvalue weighted by atomic mass is 35.5. The Morgan fingerprint density at radius 2 is 2.18 bits per heavy atom. The van der Waals surface area contributed by atoms with Crippen LogP contribution >= 0.6 is 11.6 Å². The van der Waals surface area contributed by atoms with Crippen molar-refractivity contribution in [1.29, 1.82) is 0 Å². The van der Waals surface area contributed by atoms with E-state index in [1.54, 1.807) is 10.9 Å². The molecule has 0 aliphatic carbocycles. The first-order valence-corrected chi connectivity index (χ1v) is 7.87. The second kappa shape index (κ2) is 6.50. The zero-order valence-electron chi connectivity index (χ0n) is 12.5. The third kappa shape index (κ3) is 3.00. The Kier molecular flexibility index (Phi) is 4.45. The number of hydrogen-bond donors (Lipinski definition) is 1. The van der Waals surface area contributed by atoms with Gasteiger partial charge < -0.3 is 10.2 Å². The van der Waals surface area contributed by atoms with Crippen LogP contribution in [-0.4, -0.2) is 40.2 Å². The summed E-state index contributed by atoms with van der Waals surface area (Å²) >= 11 is 6.14. The van der Waals surface area contributed by atoms with Gasteiger partial charge in [-0.2, -0.15) is 5.10 Å². The van der Waals surface area contributed by atoms with Crippen LogP contribution in [0.1, 0.15) is 29.0 Å². The first-order valence-electron chi connectivity index (χ1n) is 7.49. The van der Waals surface area contributed by atoms with Crippen LogP contribution in [0.15, 0.2) is 36.5 Å². The molecule has 1 N–H and O–H groups in total. The molecule has 0 unspecified atom stereocenters. The highest BCUT2D eigenvalue weighted by Crippen LogP contribution is 2.21. The number of rotatable bonds is 3. The van der Waals surface area contributed by atoms with Crippen molar-refractivity contribution in [2.24, 2.45) is 0 Å². The number of benzene rings is 1. The maximum atomic E-state index is 12.7. The highest BCUT2D eigenvalue weighted by Gasteiger charge is 2.27. The van der Waals surface area contributed by atoms with E-state index in [9.17, 15) is 4.79 Å². The molecule has 5 nitrogen and oxygen atoms in total. The lowest BCUT2D eigenvalue weighted by molar-refractivity contribution is 0.0696. The van der Waals surface area contributed by atoms with Crippen LogP contribution in [0.5, 0.6) is 0 Å². The summed E-state index contributed by atoms with van der Waals surface area (Å²) in [6.45, 7) is 4.71. The molecule has 1 amide bonds. The quantitative estimate of drug-likeness (QED) is 0.945. The third-order valence-corrected chi connectivity index (χ3v) is 4.18. The molecule has 1 aromatic heterocycles. The van der Waals surface area contributed by atoms with Gasteiger partial charge in [-0.3, -0.25) is 9.48 Å². The molecular weight excluding hydrogens is 300 g/mol. The van der Waals surface area contributed by atoms with E-state index in [1.807, 2.05) is 30.0 Å². The van der Waals surface area contributed by atoms with Crippen LogP contribution in [0.25, 0.3) is 0 Å². The third-order valence-electron chi connectivity index (χ3n) is 3.91. The Morgan fingerprint density at radius 3 is 2.86 bits per heavy atom. The molecule has 1 aliphatic rings. The van der Waals surface area contributed by atoms with Crippen LogP contribution in [0, 0.1) is 0 Å². The van der Waals surface area contributed by atoms with Crippen LogP contribution in [0.2, 0.25) is 5.02 Å². The number of aryl methyl sites for hydroxylation is 1. The molecule has 2 aromatic rings. The summed E-state index contributed by atoms with van der Waals surface area (Å²) < 4.78 is 1.69. The monoisotopic (exact) mass is 318 g/mol. The smallest absolute Gasteiger partial charge is 0.276 e. The summed E-state index contributed by atoms with van der Waals surface area (Å²) in [4.78, 5) is 14.5. The second-order valence-corrected chi connectivity index (χ2v) is 5.76. The number of amides is 1. The normalized spacial score (nSPS) is 18.5. The first kappa shape index (κ1) is 15.1. The summed E-state index contributed by atoms with van der Waals surface area (Å²) in [5.41, 5.74) is 1.53. The maximum Gasteiger partial charge on any atom is 0.276 e. The molecule has 6 heteroatoms. The van der Waals surface area contributed by atoms with Crippen molar-refractivity contribution in [3.05, 3.63) is 52.8 Å². The van der Waals surface area contributed by atoms with Crippen LogP contribution in [0.3, 0.4) is 0 Å². The fourth-order valence-corrected chi connectivity index (χ4v) is 2.93. The zero-order valence-corrected chi connectivity index (χ0v) is 13.3. The van der Waals surface area contributed by atoms with E-state index in [4.69, 9.17) is 11.6 Å². The Morgan fingerprint density at radius 1 is 1.41 bits per heavy atom. The van der Waals surface area contributed by atoms with Crippen molar-refractivity contribution in [2.45, 2.75) is 19.5 Å². The summed E-state index contributed by atoms with van der Waals surface area (Å²) in [6, 6.07) is 10.3. The lowest BCUT2D eigenvalue weighted by Crippen LogP contribution is -2.48. The van der Waals surface area contributed by atoms with Gasteiger partial charge in [-0.25, -0.2) is 0 Å². The van der Waals surface area contributed by atoms with Crippen molar-refractivity contribution < 1.29 is 4.79 Å². The van der Waals surface area contributed by atoms with Gasteiger partial charge in [0, 0.05) is 38.4 Å². The lowest BCUT2D eigenvalue weighted by atomic mass is 10.0. The summed E-state index contributed by atoms with van der Waals surface area (Å²) in [5.74, 6) is -0.0976. The molecule has 3 rings (SSSR count). The Balaban J connectivity index is 1.76. The van der Waals surface area contributed by atoms with E-state index in [2.05, 4.69) is 22.5 Å². The fourth-order valence-electron chi connectivity index (χ4n) is 2.70. The number of carbonyl (C=O) groups excluding carboxylic acids is 1. The number of halogens is 1. The van der Waals surface area contributed by atoms with Crippen molar-refractivity contribution in [3.63, 3.8) is 0 Å². The van der Waals surface area contributed by atoms with Crippen LogP contribution in [0.4, 0.5) is 0 Å². The van der Waals surface area contributed by atoms with E-state index in [0.29, 0.717) is 30.4 Å². The van der Waals surface area contributed by atoms with Crippen molar-refractivity contribution >= 4 is 17.5 Å². The second-order valence-electron chi connectivity index (χ2n) is 5.35. The van der Waals surface area contributed by atoms with Crippen LogP contribution in [-0.2, 0) is 6.54 Å². The maximum absolute atomic E-state index is 12.7. The minimum absolute atomic E-state index is 0.0976. The highest BCUT2D eigenvalue weighted by molar-refractivity contribution is 6.33. The van der Waals surface area contributed by atoms with E-state index < -0.39 is 0 Å². The molecule has 0 bridgehead atoms. The SMILES string of the molecule is CCn1cc(Cl)c(C(=O)N2CCN[C@H](c3ccccc3)C2)n1. The topological polar surface area (TPSA) is 50.2 Å². The lowest BCUT2D eigenvalue weighted by Gasteiger charge is -2.33. The van der Waals surface area contributed by atoms with Gasteiger partial charge in [0.25, 0.3) is 5.91 Å². The molecule has 0 radical (unpaired) electrons. The van der Waals surface area contributed by atoms with Gasteiger partial charge in [0.1, 0.15) is 0 Å². The molecule has 1 aromatic carbocycles. The van der Waals surface area contributed by atoms with Gasteiger partial charge in [0.05, 0.1) is 5.02 Å². The predicted molar refractivity (Wildman–Crippen MR) is 86.0 cm³/mol. The molecule has 22 heavy (non-hydrogen) atoms. The summed E-state index contributed by atoms with van der Waals surface area (Å²) in [5, 5.41) is 8.14. The number of hydrogen-bond acceptors (Lipinski definition) is 3. The molecule has 0 spiro atoms. The molecule has 1 aliphatic heterocycles. The van der Waals surface area contributed by atoms with E-state index in [1.165, 1.54) is 5.56 Å².